The molecule has 0 saturated carbocycles. The number of nitrogens with two attached hydrogens (primary N) is 1. The zero-order valence-corrected chi connectivity index (χ0v) is 10.7. The predicted octanol–water partition coefficient (Wildman–Crippen LogP) is 0.867. The summed E-state index contributed by atoms with van der Waals surface area (Å²) in [4.78, 5) is 11.3. The van der Waals surface area contributed by atoms with E-state index in [9.17, 15) is 9.90 Å². The molecule has 3 N–H and O–H groups in total. The first-order valence-corrected chi connectivity index (χ1v) is 4.69. The molecular formula is C11H13ClN2O4. The van der Waals surface area contributed by atoms with Gasteiger partial charge in [-0.3, -0.25) is 4.79 Å². The van der Waals surface area contributed by atoms with E-state index in [4.69, 9.17) is 15.7 Å². The first-order chi connectivity index (χ1) is 8.04. The number of esters is 1. The van der Waals surface area contributed by atoms with E-state index in [1.54, 1.807) is 0 Å². The Morgan fingerprint density at radius 2 is 2.11 bits per heavy atom. The van der Waals surface area contributed by atoms with E-state index in [0.717, 1.165) is 0 Å². The molecule has 0 radical (unpaired) electrons. The van der Waals surface area contributed by atoms with Crippen LogP contribution < -0.4 is 10.5 Å². The molecule has 98 valence electrons. The molecule has 0 fully saturated rings. The molecule has 0 heterocycles. The number of nitrogens with zero attached hydrogens (tertiary/aromatic N) is 1. The van der Waals surface area contributed by atoms with E-state index in [1.807, 2.05) is 6.07 Å². The molecule has 1 atom stereocenters. The molecule has 0 bridgehead atoms. The van der Waals surface area contributed by atoms with Crippen LogP contribution in [0, 0.1) is 11.3 Å². The van der Waals surface area contributed by atoms with Gasteiger partial charge in [-0.1, -0.05) is 0 Å². The van der Waals surface area contributed by atoms with E-state index in [2.05, 4.69) is 4.74 Å². The summed E-state index contributed by atoms with van der Waals surface area (Å²) >= 11 is 0. The Morgan fingerprint density at radius 3 is 2.56 bits per heavy atom. The van der Waals surface area contributed by atoms with Gasteiger partial charge >= 0.3 is 5.97 Å². The average molecular weight is 273 g/mol. The fourth-order valence-corrected chi connectivity index (χ4v) is 1.34. The number of hydrogen-bond donors (Lipinski definition) is 2. The van der Waals surface area contributed by atoms with Crippen LogP contribution in [-0.2, 0) is 9.53 Å². The standard InChI is InChI=1S/C11H12N2O4.ClH/c1-16-8-4-6(5-12)3-7(10(8)14)9(13)11(15)17-2;/h3-4,9,14H,13H2,1-2H3;1H/t9-;/m1./s1. The van der Waals surface area contributed by atoms with Crippen molar-refractivity contribution in [3.05, 3.63) is 23.3 Å². The summed E-state index contributed by atoms with van der Waals surface area (Å²) in [7, 11) is 2.52. The van der Waals surface area contributed by atoms with Crippen molar-refractivity contribution in [3.8, 4) is 17.6 Å². The van der Waals surface area contributed by atoms with Gasteiger partial charge in [0.25, 0.3) is 0 Å². The molecule has 0 unspecified atom stereocenters. The summed E-state index contributed by atoms with van der Waals surface area (Å²) in [5.41, 5.74) is 5.92. The number of methoxy groups -OCH3 is 2. The SMILES string of the molecule is COC(=O)[C@H](N)c1cc(C#N)cc(OC)c1O.Cl. The largest absolute Gasteiger partial charge is 0.504 e. The van der Waals surface area contributed by atoms with Crippen molar-refractivity contribution in [1.29, 1.82) is 5.26 Å². The number of phenolic OH excluding ortho intramolecular Hbond substituents is 1. The number of hydrogen-bond acceptors (Lipinski definition) is 6. The fraction of sp³-hybridized carbons (Fsp3) is 0.273. The molecule has 1 aromatic rings. The number of halogens is 1. The summed E-state index contributed by atoms with van der Waals surface area (Å²) in [6, 6.07) is 3.39. The Balaban J connectivity index is 0.00000289. The third-order valence-electron chi connectivity index (χ3n) is 2.24. The second-order valence-corrected chi connectivity index (χ2v) is 3.23. The van der Waals surface area contributed by atoms with E-state index in [1.165, 1.54) is 26.4 Å². The Kier molecular flexibility index (Phi) is 5.96. The molecule has 18 heavy (non-hydrogen) atoms. The minimum Gasteiger partial charge on any atom is -0.504 e. The molecule has 1 rings (SSSR count). The first kappa shape index (κ1) is 16.0. The van der Waals surface area contributed by atoms with Gasteiger partial charge in [0.05, 0.1) is 25.9 Å². The number of nitriles is 1. The molecule has 0 aromatic heterocycles. The Labute approximate surface area is 110 Å². The number of carbonyl (C=O) groups excluding carboxylic acids is 1. The van der Waals surface area contributed by atoms with Crippen LogP contribution in [0.4, 0.5) is 0 Å². The normalized spacial score (nSPS) is 10.8. The van der Waals surface area contributed by atoms with Crippen molar-refractivity contribution in [2.45, 2.75) is 6.04 Å². The van der Waals surface area contributed by atoms with Crippen LogP contribution in [-0.4, -0.2) is 25.3 Å². The van der Waals surface area contributed by atoms with Crippen molar-refractivity contribution < 1.29 is 19.4 Å². The highest BCUT2D eigenvalue weighted by molar-refractivity contribution is 5.85. The third-order valence-corrected chi connectivity index (χ3v) is 2.24. The first-order valence-electron chi connectivity index (χ1n) is 4.69. The summed E-state index contributed by atoms with van der Waals surface area (Å²) in [6.45, 7) is 0. The van der Waals surface area contributed by atoms with Gasteiger partial charge < -0.3 is 20.3 Å². The highest BCUT2D eigenvalue weighted by Gasteiger charge is 2.23. The lowest BCUT2D eigenvalue weighted by atomic mass is 10.0. The van der Waals surface area contributed by atoms with Crippen LogP contribution in [0.15, 0.2) is 12.1 Å². The number of benzene rings is 1. The number of phenols is 1. The molecule has 0 aliphatic rings. The van der Waals surface area contributed by atoms with Gasteiger partial charge in [0, 0.05) is 11.6 Å². The van der Waals surface area contributed by atoms with Crippen LogP contribution in [0.5, 0.6) is 11.5 Å². The van der Waals surface area contributed by atoms with Gasteiger partial charge in [-0.2, -0.15) is 5.26 Å². The van der Waals surface area contributed by atoms with Crippen LogP contribution in [0.1, 0.15) is 17.2 Å². The van der Waals surface area contributed by atoms with Crippen LogP contribution in [0.3, 0.4) is 0 Å². The van der Waals surface area contributed by atoms with Crippen LogP contribution >= 0.6 is 12.4 Å². The number of aromatic hydroxyl groups is 1. The van der Waals surface area contributed by atoms with Crippen molar-refractivity contribution in [1.82, 2.24) is 0 Å². The molecule has 0 aliphatic heterocycles. The maximum absolute atomic E-state index is 11.3. The Hall–Kier alpha value is -1.97. The van der Waals surface area contributed by atoms with Crippen molar-refractivity contribution in [2.75, 3.05) is 14.2 Å². The van der Waals surface area contributed by atoms with E-state index >= 15 is 0 Å². The summed E-state index contributed by atoms with van der Waals surface area (Å²) in [6.07, 6.45) is 0. The van der Waals surface area contributed by atoms with Crippen LogP contribution in [0.25, 0.3) is 0 Å². The van der Waals surface area contributed by atoms with Gasteiger partial charge in [0.1, 0.15) is 6.04 Å². The van der Waals surface area contributed by atoms with E-state index in [0.29, 0.717) is 0 Å². The topological polar surface area (TPSA) is 106 Å². The Bertz CT molecular complexity index is 485. The van der Waals surface area contributed by atoms with Gasteiger partial charge in [-0.05, 0) is 6.07 Å². The van der Waals surface area contributed by atoms with Gasteiger partial charge in [0.15, 0.2) is 11.5 Å². The zero-order valence-electron chi connectivity index (χ0n) is 9.84. The smallest absolute Gasteiger partial charge is 0.327 e. The second kappa shape index (κ2) is 6.69. The van der Waals surface area contributed by atoms with E-state index < -0.39 is 12.0 Å². The van der Waals surface area contributed by atoms with Gasteiger partial charge in [0.2, 0.25) is 0 Å². The molecule has 6 nitrogen and oxygen atoms in total. The van der Waals surface area contributed by atoms with Crippen molar-refractivity contribution in [3.63, 3.8) is 0 Å². The molecule has 0 aliphatic carbocycles. The lowest BCUT2D eigenvalue weighted by molar-refractivity contribution is -0.142. The maximum Gasteiger partial charge on any atom is 0.327 e. The lowest BCUT2D eigenvalue weighted by Gasteiger charge is -2.14. The number of ether oxygens (including phenoxy) is 2. The average Bonchev–Trinajstić information content (AvgIpc) is 2.37. The second-order valence-electron chi connectivity index (χ2n) is 3.23. The minimum atomic E-state index is -1.16. The third kappa shape index (κ3) is 3.03. The molecule has 0 spiro atoms. The summed E-state index contributed by atoms with van der Waals surface area (Å²) in [5.74, 6) is -0.903. The molecule has 7 heteroatoms. The van der Waals surface area contributed by atoms with E-state index in [-0.39, 0.29) is 35.0 Å². The summed E-state index contributed by atoms with van der Waals surface area (Å²) in [5, 5.41) is 18.6. The van der Waals surface area contributed by atoms with Crippen molar-refractivity contribution >= 4 is 18.4 Å². The molecule has 1 aromatic carbocycles. The number of carbonyl (C=O) groups is 1. The maximum atomic E-state index is 11.3. The Morgan fingerprint density at radius 1 is 1.50 bits per heavy atom. The predicted molar refractivity (Wildman–Crippen MR) is 65.6 cm³/mol. The molecular weight excluding hydrogens is 260 g/mol. The summed E-state index contributed by atoms with van der Waals surface area (Å²) < 4.78 is 9.35. The molecule has 0 amide bonds. The minimum absolute atomic E-state index is 0. The monoisotopic (exact) mass is 272 g/mol. The number of rotatable bonds is 3. The highest BCUT2D eigenvalue weighted by Crippen LogP contribution is 2.34. The van der Waals surface area contributed by atoms with Gasteiger partial charge in [-0.25, -0.2) is 0 Å². The quantitative estimate of drug-likeness (QED) is 0.791. The highest BCUT2D eigenvalue weighted by atomic mass is 35.5. The van der Waals surface area contributed by atoms with Gasteiger partial charge in [-0.15, -0.1) is 12.4 Å². The zero-order chi connectivity index (χ0) is 13.0. The lowest BCUT2D eigenvalue weighted by Crippen LogP contribution is -2.22. The molecule has 0 saturated heterocycles. The van der Waals surface area contributed by atoms with Crippen molar-refractivity contribution in [2.24, 2.45) is 5.73 Å². The van der Waals surface area contributed by atoms with Crippen LogP contribution in [0.2, 0.25) is 0 Å². The fourth-order valence-electron chi connectivity index (χ4n) is 1.34.